The molecule has 0 amide bonds. The van der Waals surface area contributed by atoms with Crippen LogP contribution in [0, 0.1) is 13.8 Å². The molecule has 0 atom stereocenters. The third-order valence-corrected chi connectivity index (χ3v) is 18.7. The number of aryl methyl sites for hydroxylation is 2. The average Bonchev–Trinajstić information content (AvgIpc) is 3.68. The van der Waals surface area contributed by atoms with Crippen LogP contribution in [0.4, 0.5) is 17.1 Å². The van der Waals surface area contributed by atoms with Crippen molar-refractivity contribution in [2.45, 2.75) is 19.3 Å². The molecule has 2 heteroatoms. The lowest BCUT2D eigenvalue weighted by Gasteiger charge is -2.38. The molecule has 1 nitrogen and oxygen atoms in total. The first-order valence-corrected chi connectivity index (χ1v) is 24.7. The second-order valence-corrected chi connectivity index (χ2v) is 21.1. The van der Waals surface area contributed by atoms with Crippen LogP contribution >= 0.6 is 0 Å². The largest absolute Gasteiger partial charge is 0.310 e. The fraction of sp³-hybridized carbons (Fsp3) is 0.0476. The van der Waals surface area contributed by atoms with E-state index in [4.69, 9.17) is 0 Å². The van der Waals surface area contributed by atoms with Crippen molar-refractivity contribution in [3.05, 3.63) is 294 Å². The van der Waals surface area contributed by atoms with Gasteiger partial charge in [0.15, 0.2) is 8.07 Å². The average molecular weight is 848 g/mol. The summed E-state index contributed by atoms with van der Waals surface area (Å²) in [6.45, 7) is 4.63. The van der Waals surface area contributed by atoms with Gasteiger partial charge < -0.3 is 4.90 Å². The molecule has 1 aliphatic rings. The molecule has 0 N–H and O–H groups in total. The molecule has 0 aliphatic heterocycles. The Morgan fingerprint density at radius 3 is 1.29 bits per heavy atom. The van der Waals surface area contributed by atoms with Gasteiger partial charge in [0.1, 0.15) is 0 Å². The Labute approximate surface area is 384 Å². The molecule has 0 aromatic heterocycles. The zero-order chi connectivity index (χ0) is 43.8. The normalized spacial score (nSPS) is 12.6. The van der Waals surface area contributed by atoms with Crippen LogP contribution in [0.25, 0.3) is 22.3 Å². The van der Waals surface area contributed by atoms with E-state index >= 15 is 0 Å². The van der Waals surface area contributed by atoms with Crippen molar-refractivity contribution < 1.29 is 0 Å². The maximum atomic E-state index is 2.53. The molecule has 0 bridgehead atoms. The molecule has 1 aliphatic carbocycles. The maximum Gasteiger partial charge on any atom is 0.179 e. The first-order chi connectivity index (χ1) is 32.1. The molecular formula is C63H49NSi. The minimum Gasteiger partial charge on any atom is -0.310 e. The highest BCUT2D eigenvalue weighted by molar-refractivity contribution is 7.20. The number of hydrogen-bond acceptors (Lipinski definition) is 1. The van der Waals surface area contributed by atoms with Crippen molar-refractivity contribution in [2.75, 3.05) is 4.90 Å². The SMILES string of the molecule is Cc1cc(C2(c3ccc([Si](c4ccccc4)(c4ccccc4)c4ccccc4)c(C)c3)c3ccccc3-c3ccccc32)ccc1N(c1ccccc1)c1cccc(-c2ccccc2)c1. The van der Waals surface area contributed by atoms with Gasteiger partial charge in [-0.15, -0.1) is 0 Å². The smallest absolute Gasteiger partial charge is 0.179 e. The molecule has 11 rings (SSSR count). The number of rotatable bonds is 10. The van der Waals surface area contributed by atoms with Gasteiger partial charge in [-0.3, -0.25) is 0 Å². The first kappa shape index (κ1) is 40.0. The van der Waals surface area contributed by atoms with Crippen molar-refractivity contribution in [3.8, 4) is 22.3 Å². The molecule has 0 fully saturated rings. The van der Waals surface area contributed by atoms with Crippen LogP contribution in [0.2, 0.25) is 0 Å². The number of para-hydroxylation sites is 1. The molecule has 0 unspecified atom stereocenters. The van der Waals surface area contributed by atoms with E-state index in [9.17, 15) is 0 Å². The van der Waals surface area contributed by atoms with E-state index in [-0.39, 0.29) is 0 Å². The van der Waals surface area contributed by atoms with Crippen molar-refractivity contribution >= 4 is 45.9 Å². The van der Waals surface area contributed by atoms with Gasteiger partial charge in [-0.25, -0.2) is 0 Å². The highest BCUT2D eigenvalue weighted by Crippen LogP contribution is 2.56. The minimum absolute atomic E-state index is 0.568. The monoisotopic (exact) mass is 847 g/mol. The summed E-state index contributed by atoms with van der Waals surface area (Å²) in [5, 5.41) is 5.54. The second-order valence-electron chi connectivity index (χ2n) is 17.3. The van der Waals surface area contributed by atoms with Crippen molar-refractivity contribution in [2.24, 2.45) is 0 Å². The van der Waals surface area contributed by atoms with Crippen molar-refractivity contribution in [3.63, 3.8) is 0 Å². The third kappa shape index (κ3) is 6.60. The lowest BCUT2D eigenvalue weighted by atomic mass is 9.67. The zero-order valence-corrected chi connectivity index (χ0v) is 37.8. The fourth-order valence-corrected chi connectivity index (χ4v) is 16.0. The standard InChI is InChI=1S/C63H49NSi/c1-46-43-50(39-41-61(46)64(52-26-10-4-11-27-52)53-28-22-25-49(45-53)48-23-8-3-9-24-48)63(59-37-20-18-35-57(59)58-36-19-21-38-60(58)63)51-40-42-62(47(2)44-51)65(54-29-12-5-13-30-54,55-31-14-6-15-32-55)56-33-16-7-17-34-56/h3-45H,1-2H3. The summed E-state index contributed by atoms with van der Waals surface area (Å²) >= 11 is 0. The van der Waals surface area contributed by atoms with Gasteiger partial charge in [-0.2, -0.15) is 0 Å². The highest BCUT2D eigenvalue weighted by Gasteiger charge is 2.48. The lowest BCUT2D eigenvalue weighted by molar-refractivity contribution is 0.766. The lowest BCUT2D eigenvalue weighted by Crippen LogP contribution is -2.75. The predicted octanol–water partition coefficient (Wildman–Crippen LogP) is 13.2. The topological polar surface area (TPSA) is 3.24 Å². The summed E-state index contributed by atoms with van der Waals surface area (Å²) in [5.41, 5.74) is 15.4. The number of fused-ring (bicyclic) bond motifs is 3. The molecule has 310 valence electrons. The van der Waals surface area contributed by atoms with Crippen LogP contribution in [0.5, 0.6) is 0 Å². The second kappa shape index (κ2) is 16.7. The van der Waals surface area contributed by atoms with Gasteiger partial charge >= 0.3 is 0 Å². The highest BCUT2D eigenvalue weighted by atomic mass is 28.3. The molecule has 10 aromatic rings. The Kier molecular flexibility index (Phi) is 10.3. The summed E-state index contributed by atoms with van der Waals surface area (Å²) in [5.74, 6) is 0. The molecule has 0 heterocycles. The molecule has 10 aromatic carbocycles. The molecular weight excluding hydrogens is 799 g/mol. The molecule has 65 heavy (non-hydrogen) atoms. The van der Waals surface area contributed by atoms with Crippen LogP contribution in [-0.2, 0) is 5.41 Å². The zero-order valence-electron chi connectivity index (χ0n) is 36.8. The Morgan fingerprint density at radius 1 is 0.338 bits per heavy atom. The molecule has 0 saturated heterocycles. The Hall–Kier alpha value is -7.78. The van der Waals surface area contributed by atoms with Crippen LogP contribution in [0.15, 0.2) is 261 Å². The summed E-state index contributed by atoms with van der Waals surface area (Å²) < 4.78 is 0. The van der Waals surface area contributed by atoms with Crippen LogP contribution in [0.3, 0.4) is 0 Å². The predicted molar refractivity (Wildman–Crippen MR) is 277 cm³/mol. The van der Waals surface area contributed by atoms with Gasteiger partial charge in [0.2, 0.25) is 0 Å². The Balaban J connectivity index is 1.14. The van der Waals surface area contributed by atoms with Crippen LogP contribution < -0.4 is 25.6 Å². The van der Waals surface area contributed by atoms with Crippen LogP contribution in [0.1, 0.15) is 33.4 Å². The number of nitrogens with zero attached hydrogens (tertiary/aromatic N) is 1. The molecule has 0 radical (unpaired) electrons. The first-order valence-electron chi connectivity index (χ1n) is 22.7. The Bertz CT molecular complexity index is 3130. The van der Waals surface area contributed by atoms with E-state index in [0.29, 0.717) is 0 Å². The van der Waals surface area contributed by atoms with Crippen molar-refractivity contribution in [1.82, 2.24) is 0 Å². The quantitative estimate of drug-likeness (QED) is 0.0979. The van der Waals surface area contributed by atoms with E-state index in [2.05, 4.69) is 280 Å². The third-order valence-electron chi connectivity index (χ3n) is 13.7. The van der Waals surface area contributed by atoms with E-state index in [1.165, 1.54) is 76.4 Å². The van der Waals surface area contributed by atoms with Gasteiger partial charge in [0, 0.05) is 17.1 Å². The molecule has 0 saturated carbocycles. The van der Waals surface area contributed by atoms with E-state index in [1.54, 1.807) is 0 Å². The summed E-state index contributed by atoms with van der Waals surface area (Å²) in [6, 6.07) is 97.0. The minimum atomic E-state index is -2.78. The Morgan fingerprint density at radius 2 is 0.769 bits per heavy atom. The van der Waals surface area contributed by atoms with Gasteiger partial charge in [0.25, 0.3) is 0 Å². The van der Waals surface area contributed by atoms with Crippen LogP contribution in [-0.4, -0.2) is 8.07 Å². The van der Waals surface area contributed by atoms with Gasteiger partial charge in [-0.1, -0.05) is 236 Å². The van der Waals surface area contributed by atoms with E-state index in [1.807, 2.05) is 0 Å². The molecule has 0 spiro atoms. The van der Waals surface area contributed by atoms with E-state index < -0.39 is 13.5 Å². The fourth-order valence-electron chi connectivity index (χ4n) is 11.0. The number of hydrogen-bond donors (Lipinski definition) is 0. The van der Waals surface area contributed by atoms with Crippen molar-refractivity contribution in [1.29, 1.82) is 0 Å². The number of anilines is 3. The maximum absolute atomic E-state index is 2.78. The van der Waals surface area contributed by atoms with E-state index in [0.717, 1.165) is 17.1 Å². The van der Waals surface area contributed by atoms with Gasteiger partial charge in [0.05, 0.1) is 5.41 Å². The summed E-state index contributed by atoms with van der Waals surface area (Å²) in [6.07, 6.45) is 0. The summed E-state index contributed by atoms with van der Waals surface area (Å²) in [7, 11) is -2.78. The number of benzene rings is 10. The summed E-state index contributed by atoms with van der Waals surface area (Å²) in [4.78, 5) is 2.41. The van der Waals surface area contributed by atoms with Gasteiger partial charge in [-0.05, 0) is 115 Å².